The van der Waals surface area contributed by atoms with Crippen LogP contribution >= 0.6 is 0 Å². The lowest BCUT2D eigenvalue weighted by Crippen LogP contribution is -2.55. The second kappa shape index (κ2) is 12.0. The molecule has 0 radical (unpaired) electrons. The zero-order valence-corrected chi connectivity index (χ0v) is 19.8. The average molecular weight is 457 g/mol. The number of hydrogen-bond acceptors (Lipinski definition) is 5. The van der Waals surface area contributed by atoms with Crippen LogP contribution in [0.15, 0.2) is 36.4 Å². The first kappa shape index (κ1) is 24.9. The SMILES string of the molecule is CCNC(=O)[C@@H]1O[C@H]1C(=O)N[C@@H](CC(C)C)C(=O)N1CCN(CC=Cc2ccccc2)CC1. The van der Waals surface area contributed by atoms with Gasteiger partial charge in [0.2, 0.25) is 5.91 Å². The number of nitrogens with zero attached hydrogens (tertiary/aromatic N) is 2. The highest BCUT2D eigenvalue weighted by Gasteiger charge is 2.51. The van der Waals surface area contributed by atoms with E-state index in [0.717, 1.165) is 19.6 Å². The van der Waals surface area contributed by atoms with Gasteiger partial charge in [-0.3, -0.25) is 19.3 Å². The summed E-state index contributed by atoms with van der Waals surface area (Å²) >= 11 is 0. The van der Waals surface area contributed by atoms with Gasteiger partial charge in [0, 0.05) is 39.3 Å². The fourth-order valence-corrected chi connectivity index (χ4v) is 4.01. The monoisotopic (exact) mass is 456 g/mol. The van der Waals surface area contributed by atoms with Crippen LogP contribution in [0.5, 0.6) is 0 Å². The lowest BCUT2D eigenvalue weighted by molar-refractivity contribution is -0.138. The maximum atomic E-state index is 13.2. The summed E-state index contributed by atoms with van der Waals surface area (Å²) < 4.78 is 5.25. The van der Waals surface area contributed by atoms with E-state index in [2.05, 4.69) is 39.8 Å². The molecule has 2 aliphatic rings. The third-order valence-corrected chi connectivity index (χ3v) is 5.84. The quantitative estimate of drug-likeness (QED) is 0.518. The van der Waals surface area contributed by atoms with Crippen LogP contribution in [0.4, 0.5) is 0 Å². The maximum Gasteiger partial charge on any atom is 0.253 e. The molecule has 2 heterocycles. The molecule has 2 aliphatic heterocycles. The predicted molar refractivity (Wildman–Crippen MR) is 127 cm³/mol. The van der Waals surface area contributed by atoms with Crippen molar-refractivity contribution >= 4 is 23.8 Å². The van der Waals surface area contributed by atoms with Crippen LogP contribution in [0.2, 0.25) is 0 Å². The molecule has 1 aromatic rings. The van der Waals surface area contributed by atoms with Crippen LogP contribution in [0, 0.1) is 5.92 Å². The molecule has 180 valence electrons. The van der Waals surface area contributed by atoms with E-state index in [1.807, 2.05) is 43.9 Å². The number of amides is 3. The highest BCUT2D eigenvalue weighted by Crippen LogP contribution is 2.23. The lowest BCUT2D eigenvalue weighted by atomic mass is 10.0. The zero-order chi connectivity index (χ0) is 23.8. The molecule has 3 amide bonds. The van der Waals surface area contributed by atoms with Crippen LogP contribution in [-0.2, 0) is 19.1 Å². The minimum atomic E-state index is -0.813. The molecule has 0 unspecified atom stereocenters. The zero-order valence-electron chi connectivity index (χ0n) is 19.8. The Kier molecular flexibility index (Phi) is 9.03. The van der Waals surface area contributed by atoms with E-state index in [9.17, 15) is 14.4 Å². The van der Waals surface area contributed by atoms with Gasteiger partial charge in [0.1, 0.15) is 6.04 Å². The van der Waals surface area contributed by atoms with E-state index in [4.69, 9.17) is 4.74 Å². The van der Waals surface area contributed by atoms with Gasteiger partial charge in [-0.1, -0.05) is 56.3 Å². The Labute approximate surface area is 196 Å². The molecule has 0 aromatic heterocycles. The standard InChI is InChI=1S/C25H36N4O4/c1-4-26-23(30)21-22(33-21)24(31)27-20(17-18(2)3)25(32)29-15-13-28(14-16-29)12-8-11-19-9-6-5-7-10-19/h5-11,18,20-22H,4,12-17H2,1-3H3,(H,26,30)(H,27,31)/t20-,21+,22+/m0/s1. The summed E-state index contributed by atoms with van der Waals surface area (Å²) in [7, 11) is 0. The summed E-state index contributed by atoms with van der Waals surface area (Å²) in [5.41, 5.74) is 1.17. The molecule has 0 aliphatic carbocycles. The Morgan fingerprint density at radius 3 is 2.36 bits per heavy atom. The molecule has 1 aromatic carbocycles. The molecule has 3 rings (SSSR count). The number of carbonyl (C=O) groups is 3. The molecule has 3 atom stereocenters. The van der Waals surface area contributed by atoms with Gasteiger partial charge >= 0.3 is 0 Å². The predicted octanol–water partition coefficient (Wildman–Crippen LogP) is 1.28. The Morgan fingerprint density at radius 1 is 1.06 bits per heavy atom. The molecular weight excluding hydrogens is 420 g/mol. The van der Waals surface area contributed by atoms with Crippen molar-refractivity contribution in [2.75, 3.05) is 39.3 Å². The molecular formula is C25H36N4O4. The van der Waals surface area contributed by atoms with E-state index in [1.165, 1.54) is 5.56 Å². The minimum absolute atomic E-state index is 0.0632. The molecule has 0 spiro atoms. The summed E-state index contributed by atoms with van der Waals surface area (Å²) in [4.78, 5) is 41.8. The van der Waals surface area contributed by atoms with Crippen molar-refractivity contribution < 1.29 is 19.1 Å². The Hall–Kier alpha value is -2.71. The molecule has 8 nitrogen and oxygen atoms in total. The van der Waals surface area contributed by atoms with Crippen LogP contribution in [-0.4, -0.2) is 85.0 Å². The smallest absolute Gasteiger partial charge is 0.253 e. The van der Waals surface area contributed by atoms with Crippen molar-refractivity contribution in [2.24, 2.45) is 5.92 Å². The van der Waals surface area contributed by atoms with E-state index < -0.39 is 24.2 Å². The van der Waals surface area contributed by atoms with Crippen molar-refractivity contribution in [2.45, 2.75) is 45.4 Å². The van der Waals surface area contributed by atoms with Crippen molar-refractivity contribution in [1.29, 1.82) is 0 Å². The van der Waals surface area contributed by atoms with Gasteiger partial charge in [0.25, 0.3) is 11.8 Å². The van der Waals surface area contributed by atoms with Crippen molar-refractivity contribution in [3.8, 4) is 0 Å². The third-order valence-electron chi connectivity index (χ3n) is 5.84. The topological polar surface area (TPSA) is 94.3 Å². The minimum Gasteiger partial charge on any atom is -0.354 e. The number of piperazine rings is 1. The lowest BCUT2D eigenvalue weighted by Gasteiger charge is -2.36. The van der Waals surface area contributed by atoms with Gasteiger partial charge < -0.3 is 20.3 Å². The number of benzene rings is 1. The molecule has 8 heteroatoms. The Morgan fingerprint density at radius 2 is 1.73 bits per heavy atom. The number of rotatable bonds is 10. The first-order chi connectivity index (χ1) is 15.9. The number of carbonyl (C=O) groups excluding carboxylic acids is 3. The van der Waals surface area contributed by atoms with Crippen LogP contribution in [0.3, 0.4) is 0 Å². The third kappa shape index (κ3) is 7.40. The summed E-state index contributed by atoms with van der Waals surface area (Å²) in [6.45, 7) is 10.0. The Balaban J connectivity index is 1.48. The van der Waals surface area contributed by atoms with Crippen LogP contribution in [0.25, 0.3) is 6.08 Å². The number of nitrogens with one attached hydrogen (secondary N) is 2. The molecule has 2 N–H and O–H groups in total. The normalized spacial score (nSPS) is 21.8. The molecule has 0 saturated carbocycles. The largest absolute Gasteiger partial charge is 0.354 e. The number of hydrogen-bond donors (Lipinski definition) is 2. The van der Waals surface area contributed by atoms with E-state index in [-0.39, 0.29) is 17.7 Å². The van der Waals surface area contributed by atoms with Crippen LogP contribution < -0.4 is 10.6 Å². The molecule has 2 saturated heterocycles. The summed E-state index contributed by atoms with van der Waals surface area (Å²) in [5.74, 6) is -0.508. The average Bonchev–Trinajstić information content (AvgIpc) is 3.61. The van der Waals surface area contributed by atoms with Gasteiger partial charge in [-0.05, 0) is 24.8 Å². The summed E-state index contributed by atoms with van der Waals surface area (Å²) in [6, 6.07) is 9.57. The highest BCUT2D eigenvalue weighted by molar-refractivity contribution is 5.97. The summed E-state index contributed by atoms with van der Waals surface area (Å²) in [6.07, 6.45) is 3.23. The fourth-order valence-electron chi connectivity index (χ4n) is 4.01. The second-order valence-corrected chi connectivity index (χ2v) is 9.00. The van der Waals surface area contributed by atoms with E-state index >= 15 is 0 Å². The van der Waals surface area contributed by atoms with E-state index in [1.54, 1.807) is 0 Å². The van der Waals surface area contributed by atoms with Gasteiger partial charge in [-0.15, -0.1) is 0 Å². The van der Waals surface area contributed by atoms with Gasteiger partial charge in [-0.2, -0.15) is 0 Å². The maximum absolute atomic E-state index is 13.2. The number of ether oxygens (including phenoxy) is 1. The first-order valence-electron chi connectivity index (χ1n) is 11.8. The first-order valence-corrected chi connectivity index (χ1v) is 11.8. The van der Waals surface area contributed by atoms with E-state index in [0.29, 0.717) is 26.1 Å². The van der Waals surface area contributed by atoms with Crippen LogP contribution in [0.1, 0.15) is 32.8 Å². The van der Waals surface area contributed by atoms with Gasteiger partial charge in [0.05, 0.1) is 0 Å². The van der Waals surface area contributed by atoms with Gasteiger partial charge in [-0.25, -0.2) is 0 Å². The van der Waals surface area contributed by atoms with Crippen molar-refractivity contribution in [1.82, 2.24) is 20.4 Å². The number of likely N-dealkylation sites (N-methyl/N-ethyl adjacent to an activating group) is 1. The van der Waals surface area contributed by atoms with Crippen molar-refractivity contribution in [3.63, 3.8) is 0 Å². The molecule has 33 heavy (non-hydrogen) atoms. The second-order valence-electron chi connectivity index (χ2n) is 9.00. The molecule has 2 fully saturated rings. The molecule has 0 bridgehead atoms. The fraction of sp³-hybridized carbons (Fsp3) is 0.560. The highest BCUT2D eigenvalue weighted by atomic mass is 16.6. The van der Waals surface area contributed by atoms with Crippen molar-refractivity contribution in [3.05, 3.63) is 42.0 Å². The number of epoxide rings is 1. The summed E-state index contributed by atoms with van der Waals surface area (Å²) in [5, 5.41) is 5.49. The van der Waals surface area contributed by atoms with Gasteiger partial charge in [0.15, 0.2) is 12.2 Å². The Bertz CT molecular complexity index is 834.